The number of nitriles is 1. The molecular weight excluding hydrogens is 200 g/mol. The van der Waals surface area contributed by atoms with Crippen LogP contribution in [-0.4, -0.2) is 5.91 Å². The molecule has 16 heavy (non-hydrogen) atoms. The molecule has 0 saturated heterocycles. The summed E-state index contributed by atoms with van der Waals surface area (Å²) in [4.78, 5) is 11.1. The molecule has 84 valence electrons. The van der Waals surface area contributed by atoms with Gasteiger partial charge >= 0.3 is 0 Å². The number of hydrogen-bond acceptors (Lipinski definition) is 2. The third-order valence-corrected chi connectivity index (χ3v) is 2.47. The summed E-state index contributed by atoms with van der Waals surface area (Å²) < 4.78 is 0. The van der Waals surface area contributed by atoms with Crippen molar-refractivity contribution in [2.45, 2.75) is 33.6 Å². The third kappa shape index (κ3) is 2.40. The zero-order valence-electron chi connectivity index (χ0n) is 9.92. The molecule has 0 atom stereocenters. The lowest BCUT2D eigenvalue weighted by atomic mass is 9.97. The number of rotatable bonds is 0. The van der Waals surface area contributed by atoms with Gasteiger partial charge in [0.2, 0.25) is 5.91 Å². The molecule has 0 aromatic heterocycles. The molecule has 0 fully saturated rings. The number of carbonyl (C=O) groups is 1. The van der Waals surface area contributed by atoms with Crippen LogP contribution in [0.5, 0.6) is 0 Å². The van der Waals surface area contributed by atoms with E-state index in [4.69, 9.17) is 5.26 Å². The number of anilines is 1. The summed E-state index contributed by atoms with van der Waals surface area (Å²) in [5, 5.41) is 11.6. The molecule has 1 aromatic carbocycles. The van der Waals surface area contributed by atoms with E-state index in [2.05, 4.69) is 11.4 Å². The highest BCUT2D eigenvalue weighted by atomic mass is 16.1. The first kappa shape index (κ1) is 12.3. The SMILES string of the molecule is CC.Cc1cc2c(cc1C#N)NC(=O)CC2. The molecule has 0 bridgehead atoms. The number of benzene rings is 1. The lowest BCUT2D eigenvalue weighted by Gasteiger charge is -2.17. The van der Waals surface area contributed by atoms with Gasteiger partial charge in [0.15, 0.2) is 0 Å². The third-order valence-electron chi connectivity index (χ3n) is 2.47. The van der Waals surface area contributed by atoms with E-state index < -0.39 is 0 Å². The first-order chi connectivity index (χ1) is 7.70. The summed E-state index contributed by atoms with van der Waals surface area (Å²) in [7, 11) is 0. The van der Waals surface area contributed by atoms with E-state index in [9.17, 15) is 4.79 Å². The molecule has 0 radical (unpaired) electrons. The fraction of sp³-hybridized carbons (Fsp3) is 0.385. The fourth-order valence-electron chi connectivity index (χ4n) is 1.67. The number of carbonyl (C=O) groups excluding carboxylic acids is 1. The van der Waals surface area contributed by atoms with E-state index in [0.717, 1.165) is 23.2 Å². The minimum absolute atomic E-state index is 0.0326. The molecule has 0 aliphatic carbocycles. The maximum Gasteiger partial charge on any atom is 0.224 e. The van der Waals surface area contributed by atoms with E-state index in [1.54, 1.807) is 6.07 Å². The average molecular weight is 216 g/mol. The number of nitrogens with one attached hydrogen (secondary N) is 1. The van der Waals surface area contributed by atoms with Gasteiger partial charge in [0.05, 0.1) is 11.6 Å². The molecule has 0 unspecified atom stereocenters. The van der Waals surface area contributed by atoms with Crippen molar-refractivity contribution in [1.82, 2.24) is 0 Å². The topological polar surface area (TPSA) is 52.9 Å². The quantitative estimate of drug-likeness (QED) is 0.725. The van der Waals surface area contributed by atoms with Crippen LogP contribution in [0, 0.1) is 18.3 Å². The van der Waals surface area contributed by atoms with Crippen molar-refractivity contribution in [3.05, 3.63) is 28.8 Å². The normalized spacial score (nSPS) is 12.8. The largest absolute Gasteiger partial charge is 0.326 e. The van der Waals surface area contributed by atoms with E-state index in [-0.39, 0.29) is 5.91 Å². The van der Waals surface area contributed by atoms with Gasteiger partial charge in [-0.3, -0.25) is 4.79 Å². The van der Waals surface area contributed by atoms with Crippen LogP contribution in [0.1, 0.15) is 37.0 Å². The zero-order chi connectivity index (χ0) is 12.1. The molecule has 1 heterocycles. The first-order valence-corrected chi connectivity index (χ1v) is 5.54. The summed E-state index contributed by atoms with van der Waals surface area (Å²) in [6.07, 6.45) is 1.31. The minimum Gasteiger partial charge on any atom is -0.326 e. The molecule has 1 amide bonds. The molecule has 1 aliphatic rings. The Morgan fingerprint density at radius 1 is 1.31 bits per heavy atom. The monoisotopic (exact) mass is 216 g/mol. The van der Waals surface area contributed by atoms with Gasteiger partial charge in [-0.2, -0.15) is 5.26 Å². The highest BCUT2D eigenvalue weighted by Gasteiger charge is 2.15. The van der Waals surface area contributed by atoms with Crippen LogP contribution in [0.25, 0.3) is 0 Å². The number of nitrogens with zero attached hydrogens (tertiary/aromatic N) is 1. The standard InChI is InChI=1S/C11H10N2O.C2H6/c1-7-4-8-2-3-11(14)13-10(8)5-9(7)6-12;1-2/h4-5H,2-3H2,1H3,(H,13,14);1-2H3. The van der Waals surface area contributed by atoms with Crippen LogP contribution in [0.2, 0.25) is 0 Å². The van der Waals surface area contributed by atoms with Crippen LogP contribution in [0.15, 0.2) is 12.1 Å². The second-order valence-corrected chi connectivity index (χ2v) is 3.48. The Morgan fingerprint density at radius 3 is 2.62 bits per heavy atom. The molecule has 1 N–H and O–H groups in total. The van der Waals surface area contributed by atoms with Crippen LogP contribution in [0.3, 0.4) is 0 Å². The molecule has 0 saturated carbocycles. The van der Waals surface area contributed by atoms with Crippen molar-refractivity contribution in [1.29, 1.82) is 5.26 Å². The molecule has 1 aliphatic heterocycles. The smallest absolute Gasteiger partial charge is 0.224 e. The van der Waals surface area contributed by atoms with Crippen molar-refractivity contribution >= 4 is 11.6 Å². The van der Waals surface area contributed by atoms with Crippen LogP contribution in [0.4, 0.5) is 5.69 Å². The summed E-state index contributed by atoms with van der Waals surface area (Å²) in [5.74, 6) is 0.0326. The van der Waals surface area contributed by atoms with Crippen molar-refractivity contribution in [2.24, 2.45) is 0 Å². The Hall–Kier alpha value is -1.82. The summed E-state index contributed by atoms with van der Waals surface area (Å²) >= 11 is 0. The van der Waals surface area contributed by atoms with Crippen molar-refractivity contribution in [3.63, 3.8) is 0 Å². The van der Waals surface area contributed by atoms with Gasteiger partial charge in [-0.1, -0.05) is 19.9 Å². The van der Waals surface area contributed by atoms with Gasteiger partial charge in [0, 0.05) is 12.1 Å². The molecule has 2 rings (SSSR count). The number of hydrogen-bond donors (Lipinski definition) is 1. The number of aryl methyl sites for hydroxylation is 2. The van der Waals surface area contributed by atoms with Gasteiger partial charge in [-0.05, 0) is 30.5 Å². The number of amides is 1. The van der Waals surface area contributed by atoms with Crippen molar-refractivity contribution in [3.8, 4) is 6.07 Å². The predicted molar refractivity (Wildman–Crippen MR) is 64.2 cm³/mol. The lowest BCUT2D eigenvalue weighted by Crippen LogP contribution is -2.19. The predicted octanol–water partition coefficient (Wildman–Crippen LogP) is 2.78. The van der Waals surface area contributed by atoms with Gasteiger partial charge in [0.1, 0.15) is 0 Å². The van der Waals surface area contributed by atoms with Gasteiger partial charge in [0.25, 0.3) is 0 Å². The Kier molecular flexibility index (Phi) is 4.07. The van der Waals surface area contributed by atoms with Crippen LogP contribution < -0.4 is 5.32 Å². The molecule has 1 aromatic rings. The Morgan fingerprint density at radius 2 is 2.00 bits per heavy atom. The first-order valence-electron chi connectivity index (χ1n) is 5.54. The summed E-state index contributed by atoms with van der Waals surface area (Å²) in [6.45, 7) is 5.91. The summed E-state index contributed by atoms with van der Waals surface area (Å²) in [5.41, 5.74) is 3.53. The maximum atomic E-state index is 11.1. The second kappa shape index (κ2) is 5.32. The molecule has 3 nitrogen and oxygen atoms in total. The Balaban J connectivity index is 0.000000606. The van der Waals surface area contributed by atoms with Crippen LogP contribution >= 0.6 is 0 Å². The molecule has 0 spiro atoms. The van der Waals surface area contributed by atoms with E-state index in [1.807, 2.05) is 26.8 Å². The van der Waals surface area contributed by atoms with E-state index >= 15 is 0 Å². The molecule has 3 heteroatoms. The van der Waals surface area contributed by atoms with Gasteiger partial charge in [-0.15, -0.1) is 0 Å². The van der Waals surface area contributed by atoms with Crippen molar-refractivity contribution in [2.75, 3.05) is 5.32 Å². The molecular formula is C13H16N2O. The Bertz CT molecular complexity index is 444. The highest BCUT2D eigenvalue weighted by molar-refractivity contribution is 5.94. The second-order valence-electron chi connectivity index (χ2n) is 3.48. The highest BCUT2D eigenvalue weighted by Crippen LogP contribution is 2.25. The van der Waals surface area contributed by atoms with Crippen molar-refractivity contribution < 1.29 is 4.79 Å². The fourth-order valence-corrected chi connectivity index (χ4v) is 1.67. The van der Waals surface area contributed by atoms with Crippen LogP contribution in [-0.2, 0) is 11.2 Å². The average Bonchev–Trinajstić information content (AvgIpc) is 2.31. The zero-order valence-corrected chi connectivity index (χ0v) is 9.92. The van der Waals surface area contributed by atoms with Gasteiger partial charge in [-0.25, -0.2) is 0 Å². The lowest BCUT2D eigenvalue weighted by molar-refractivity contribution is -0.116. The maximum absolute atomic E-state index is 11.1. The van der Waals surface area contributed by atoms with E-state index in [0.29, 0.717) is 12.0 Å². The minimum atomic E-state index is 0.0326. The Labute approximate surface area is 96.1 Å². The van der Waals surface area contributed by atoms with Gasteiger partial charge < -0.3 is 5.32 Å². The van der Waals surface area contributed by atoms with E-state index in [1.165, 1.54) is 0 Å². The number of fused-ring (bicyclic) bond motifs is 1. The summed E-state index contributed by atoms with van der Waals surface area (Å²) in [6, 6.07) is 5.84.